The Bertz CT molecular complexity index is 637. The molecule has 0 aliphatic carbocycles. The minimum atomic E-state index is 1.05. The first kappa shape index (κ1) is 10.8. The van der Waals surface area contributed by atoms with Gasteiger partial charge < -0.3 is 4.98 Å². The van der Waals surface area contributed by atoms with Crippen molar-refractivity contribution < 1.29 is 0 Å². The average Bonchev–Trinajstić information content (AvgIpc) is 2.93. The monoisotopic (exact) mass is 234 g/mol. The zero-order chi connectivity index (χ0) is 12.4. The van der Waals surface area contributed by atoms with Crippen LogP contribution in [0, 0.1) is 6.92 Å². The van der Waals surface area contributed by atoms with Gasteiger partial charge in [-0.1, -0.05) is 54.1 Å². The van der Waals surface area contributed by atoms with Crippen molar-refractivity contribution in [3.8, 4) is 22.4 Å². The molecule has 0 spiro atoms. The molecule has 1 N–H and O–H groups in total. The molecular weight excluding hydrogens is 220 g/mol. The van der Waals surface area contributed by atoms with Gasteiger partial charge in [0.15, 0.2) is 0 Å². The normalized spacial score (nSPS) is 10.5. The Kier molecular flexibility index (Phi) is 2.69. The van der Waals surface area contributed by atoms with E-state index < -0.39 is 0 Å². The first-order chi connectivity index (χ1) is 8.84. The van der Waals surface area contributed by atoms with E-state index in [9.17, 15) is 0 Å². The molecule has 88 valence electrons. The number of imidazole rings is 1. The van der Waals surface area contributed by atoms with Crippen molar-refractivity contribution in [3.63, 3.8) is 0 Å². The van der Waals surface area contributed by atoms with Crippen LogP contribution in [0.1, 0.15) is 5.56 Å². The molecule has 0 bridgehead atoms. The quantitative estimate of drug-likeness (QED) is 0.712. The van der Waals surface area contributed by atoms with Crippen molar-refractivity contribution in [2.45, 2.75) is 6.92 Å². The average molecular weight is 234 g/mol. The molecule has 1 aromatic heterocycles. The number of rotatable bonds is 2. The van der Waals surface area contributed by atoms with Crippen molar-refractivity contribution in [3.05, 3.63) is 66.6 Å². The lowest BCUT2D eigenvalue weighted by atomic mass is 9.97. The van der Waals surface area contributed by atoms with E-state index in [1.54, 1.807) is 6.33 Å². The molecule has 3 aromatic rings. The van der Waals surface area contributed by atoms with Gasteiger partial charge in [0.05, 0.1) is 18.2 Å². The molecule has 0 aliphatic heterocycles. The summed E-state index contributed by atoms with van der Waals surface area (Å²) in [6.45, 7) is 2.10. The van der Waals surface area contributed by atoms with E-state index >= 15 is 0 Å². The first-order valence-corrected chi connectivity index (χ1v) is 5.99. The summed E-state index contributed by atoms with van der Waals surface area (Å²) < 4.78 is 0. The Morgan fingerprint density at radius 2 is 1.61 bits per heavy atom. The van der Waals surface area contributed by atoms with Crippen molar-refractivity contribution in [2.24, 2.45) is 0 Å². The van der Waals surface area contributed by atoms with Crippen LogP contribution in [0.3, 0.4) is 0 Å². The second kappa shape index (κ2) is 4.49. The molecule has 2 nitrogen and oxygen atoms in total. The highest BCUT2D eigenvalue weighted by Gasteiger charge is 2.07. The van der Waals surface area contributed by atoms with Crippen LogP contribution < -0.4 is 0 Å². The zero-order valence-corrected chi connectivity index (χ0v) is 10.2. The summed E-state index contributed by atoms with van der Waals surface area (Å²) in [4.78, 5) is 7.26. The predicted molar refractivity (Wildman–Crippen MR) is 74.2 cm³/mol. The van der Waals surface area contributed by atoms with E-state index in [1.165, 1.54) is 22.3 Å². The maximum Gasteiger partial charge on any atom is 0.0924 e. The van der Waals surface area contributed by atoms with Gasteiger partial charge in [0.2, 0.25) is 0 Å². The van der Waals surface area contributed by atoms with Gasteiger partial charge in [0, 0.05) is 5.56 Å². The van der Waals surface area contributed by atoms with Gasteiger partial charge in [-0.25, -0.2) is 4.98 Å². The van der Waals surface area contributed by atoms with Gasteiger partial charge in [-0.3, -0.25) is 0 Å². The minimum Gasteiger partial charge on any atom is -0.345 e. The highest BCUT2D eigenvalue weighted by molar-refractivity contribution is 5.81. The van der Waals surface area contributed by atoms with Gasteiger partial charge in [0.1, 0.15) is 0 Å². The van der Waals surface area contributed by atoms with Crippen LogP contribution in [-0.2, 0) is 0 Å². The molecule has 18 heavy (non-hydrogen) atoms. The minimum absolute atomic E-state index is 1.05. The number of nitrogens with one attached hydrogen (secondary N) is 1. The predicted octanol–water partition coefficient (Wildman–Crippen LogP) is 4.05. The third-order valence-electron chi connectivity index (χ3n) is 3.08. The second-order valence-electron chi connectivity index (χ2n) is 4.38. The van der Waals surface area contributed by atoms with E-state index in [-0.39, 0.29) is 0 Å². The SMILES string of the molecule is Cc1ccc(-c2ccccc2-c2cnc[nH]2)cc1. The number of nitrogens with zero attached hydrogens (tertiary/aromatic N) is 1. The molecule has 0 amide bonds. The smallest absolute Gasteiger partial charge is 0.0924 e. The second-order valence-corrected chi connectivity index (χ2v) is 4.38. The Labute approximate surface area is 106 Å². The van der Waals surface area contributed by atoms with E-state index in [1.807, 2.05) is 12.3 Å². The molecule has 2 aromatic carbocycles. The third-order valence-corrected chi connectivity index (χ3v) is 3.08. The largest absolute Gasteiger partial charge is 0.345 e. The number of hydrogen-bond acceptors (Lipinski definition) is 1. The number of aromatic nitrogens is 2. The van der Waals surface area contributed by atoms with Gasteiger partial charge in [-0.15, -0.1) is 0 Å². The molecule has 0 atom stereocenters. The Morgan fingerprint density at radius 3 is 2.28 bits per heavy atom. The Morgan fingerprint density at radius 1 is 0.889 bits per heavy atom. The van der Waals surface area contributed by atoms with Crippen LogP contribution >= 0.6 is 0 Å². The van der Waals surface area contributed by atoms with Crippen LogP contribution in [0.5, 0.6) is 0 Å². The van der Waals surface area contributed by atoms with Crippen LogP contribution in [-0.4, -0.2) is 9.97 Å². The molecule has 1 heterocycles. The van der Waals surface area contributed by atoms with Crippen molar-refractivity contribution in [2.75, 3.05) is 0 Å². The van der Waals surface area contributed by atoms with E-state index in [0.717, 1.165) is 5.69 Å². The van der Waals surface area contributed by atoms with Crippen LogP contribution in [0.25, 0.3) is 22.4 Å². The highest BCUT2D eigenvalue weighted by Crippen LogP contribution is 2.30. The van der Waals surface area contributed by atoms with E-state index in [0.29, 0.717) is 0 Å². The molecule has 0 fully saturated rings. The summed E-state index contributed by atoms with van der Waals surface area (Å²) in [7, 11) is 0. The fourth-order valence-electron chi connectivity index (χ4n) is 2.11. The van der Waals surface area contributed by atoms with Crippen LogP contribution in [0.15, 0.2) is 61.1 Å². The Hall–Kier alpha value is -2.35. The number of aryl methyl sites for hydroxylation is 1. The number of benzene rings is 2. The summed E-state index contributed by atoms with van der Waals surface area (Å²) in [6.07, 6.45) is 3.56. The van der Waals surface area contributed by atoms with Gasteiger partial charge >= 0.3 is 0 Å². The number of H-pyrrole nitrogens is 1. The summed E-state index contributed by atoms with van der Waals surface area (Å²) in [5.74, 6) is 0. The first-order valence-electron chi connectivity index (χ1n) is 5.99. The van der Waals surface area contributed by atoms with Crippen molar-refractivity contribution in [1.29, 1.82) is 0 Å². The van der Waals surface area contributed by atoms with E-state index in [4.69, 9.17) is 0 Å². The topological polar surface area (TPSA) is 28.7 Å². The number of hydrogen-bond donors (Lipinski definition) is 1. The standard InChI is InChI=1S/C16H14N2/c1-12-6-8-13(9-7-12)14-4-2-3-5-15(14)16-10-17-11-18-16/h2-11H,1H3,(H,17,18). The highest BCUT2D eigenvalue weighted by atomic mass is 14.9. The van der Waals surface area contributed by atoms with Crippen LogP contribution in [0.4, 0.5) is 0 Å². The maximum absolute atomic E-state index is 4.09. The number of aromatic amines is 1. The molecule has 0 saturated carbocycles. The molecule has 2 heteroatoms. The molecule has 0 aliphatic rings. The zero-order valence-electron chi connectivity index (χ0n) is 10.2. The summed E-state index contributed by atoms with van der Waals surface area (Å²) in [6, 6.07) is 17.0. The molecule has 0 unspecified atom stereocenters. The van der Waals surface area contributed by atoms with Crippen LogP contribution in [0.2, 0.25) is 0 Å². The molecule has 0 radical (unpaired) electrons. The lowest BCUT2D eigenvalue weighted by Crippen LogP contribution is -1.85. The van der Waals surface area contributed by atoms with E-state index in [2.05, 4.69) is 59.4 Å². The molecular formula is C16H14N2. The third kappa shape index (κ3) is 1.93. The van der Waals surface area contributed by atoms with Crippen molar-refractivity contribution in [1.82, 2.24) is 9.97 Å². The maximum atomic E-state index is 4.09. The summed E-state index contributed by atoms with van der Waals surface area (Å²) >= 11 is 0. The van der Waals surface area contributed by atoms with Gasteiger partial charge in [-0.05, 0) is 18.1 Å². The van der Waals surface area contributed by atoms with Gasteiger partial charge in [-0.2, -0.15) is 0 Å². The van der Waals surface area contributed by atoms with Gasteiger partial charge in [0.25, 0.3) is 0 Å². The fourth-order valence-corrected chi connectivity index (χ4v) is 2.11. The Balaban J connectivity index is 2.15. The lowest BCUT2D eigenvalue weighted by molar-refractivity contribution is 1.31. The summed E-state index contributed by atoms with van der Waals surface area (Å²) in [5.41, 5.74) is 5.95. The fraction of sp³-hybridized carbons (Fsp3) is 0.0625. The van der Waals surface area contributed by atoms with Crippen molar-refractivity contribution >= 4 is 0 Å². The summed E-state index contributed by atoms with van der Waals surface area (Å²) in [5, 5.41) is 0. The molecule has 0 saturated heterocycles. The lowest BCUT2D eigenvalue weighted by Gasteiger charge is -2.08. The molecule has 3 rings (SSSR count).